The van der Waals surface area contributed by atoms with Gasteiger partial charge in [0.25, 0.3) is 0 Å². The maximum atomic E-state index is 13.1. The van der Waals surface area contributed by atoms with Gasteiger partial charge in [-0.05, 0) is 111 Å². The van der Waals surface area contributed by atoms with Gasteiger partial charge in [-0.25, -0.2) is 43.7 Å². The summed E-state index contributed by atoms with van der Waals surface area (Å²) in [7, 11) is -8.62. The number of pyridine rings is 3. The molecule has 30 heteroatoms. The molecule has 3 amide bonds. The SMILES string of the molecule is Cc1cc(-c2cccc3nc(NC(=O)C4CC4)nn23)sc1CN1CCS(=O)(=O)CC1.O=C(Nc1cn2c(-c3ccc(CN4CCS(=O)(=O)CC4)s3)cccc2n1)[C@H]1C[C@@H]1F.O=C(Nc1nc2cccc(-c3ccc(CN4CCS(=O)(=O)CC4)s3)n2n1)C1CC1. The second kappa shape index (κ2) is 25.1. The van der Waals surface area contributed by atoms with Crippen molar-refractivity contribution < 1.29 is 44.0 Å². The van der Waals surface area contributed by atoms with Crippen LogP contribution in [0.5, 0.6) is 0 Å². The van der Waals surface area contributed by atoms with Crippen LogP contribution in [-0.2, 0) is 63.5 Å². The number of hydrogen-bond acceptors (Lipinski definition) is 20. The highest BCUT2D eigenvalue weighted by Gasteiger charge is 2.44. The highest BCUT2D eigenvalue weighted by atomic mass is 32.2. The van der Waals surface area contributed by atoms with E-state index in [1.165, 1.54) is 15.3 Å². The first-order valence-corrected chi connectivity index (χ1v) is 37.5. The number of carbonyl (C=O) groups excluding carboxylic acids is 3. The van der Waals surface area contributed by atoms with Crippen LogP contribution in [0, 0.1) is 24.7 Å². The van der Waals surface area contributed by atoms with Crippen molar-refractivity contribution >= 4 is 116 Å². The molecule has 0 bridgehead atoms. The van der Waals surface area contributed by atoms with Crippen LogP contribution in [0.15, 0.2) is 91.1 Å². The molecule has 3 N–H and O–H groups in total. The molecular weight excluding hydrogens is 1260 g/mol. The molecule has 2 atom stereocenters. The molecule has 468 valence electrons. The molecule has 0 unspecified atom stereocenters. The molecule has 6 aliphatic rings. The number of carbonyl (C=O) groups is 3. The Morgan fingerprint density at radius 1 is 0.528 bits per heavy atom. The smallest absolute Gasteiger partial charge is 0.249 e. The van der Waals surface area contributed by atoms with Gasteiger partial charge < -0.3 is 5.32 Å². The van der Waals surface area contributed by atoms with Crippen molar-refractivity contribution in [3.05, 3.63) is 111 Å². The number of imidazole rings is 1. The fourth-order valence-corrected chi connectivity index (χ4v) is 17.9. The molecule has 6 fully saturated rings. The van der Waals surface area contributed by atoms with E-state index in [0.29, 0.717) is 73.9 Å². The monoisotopic (exact) mass is 1320 g/mol. The Hall–Kier alpha value is -6.90. The maximum absolute atomic E-state index is 13.1. The van der Waals surface area contributed by atoms with E-state index in [1.54, 1.807) is 49.2 Å². The quantitative estimate of drug-likeness (QED) is 0.0934. The number of amides is 3. The Labute approximate surface area is 525 Å². The fraction of sp³-hybridized carbons (Fsp3) is 0.424. The third-order valence-corrected chi connectivity index (χ3v) is 24.7. The lowest BCUT2D eigenvalue weighted by atomic mass is 10.2. The topological polar surface area (TPSA) is 277 Å². The number of nitrogens with zero attached hydrogens (tertiary/aromatic N) is 11. The third-order valence-electron chi connectivity index (χ3n) is 16.4. The zero-order valence-electron chi connectivity index (χ0n) is 48.5. The van der Waals surface area contributed by atoms with Crippen LogP contribution in [0.1, 0.15) is 52.3 Å². The van der Waals surface area contributed by atoms with Gasteiger partial charge in [-0.1, -0.05) is 18.2 Å². The van der Waals surface area contributed by atoms with Crippen LogP contribution in [0.4, 0.5) is 22.1 Å². The number of hydrogen-bond donors (Lipinski definition) is 3. The van der Waals surface area contributed by atoms with Gasteiger partial charge in [-0.15, -0.1) is 44.2 Å². The van der Waals surface area contributed by atoms with Gasteiger partial charge in [0.2, 0.25) is 29.6 Å². The summed E-state index contributed by atoms with van der Waals surface area (Å²) in [6.45, 7) is 7.77. The Balaban J connectivity index is 0.000000123. The van der Waals surface area contributed by atoms with Gasteiger partial charge >= 0.3 is 0 Å². The Morgan fingerprint density at radius 3 is 1.44 bits per heavy atom. The highest BCUT2D eigenvalue weighted by Crippen LogP contribution is 2.37. The van der Waals surface area contributed by atoms with Crippen LogP contribution in [0.3, 0.4) is 0 Å². The molecule has 0 radical (unpaired) electrons. The summed E-state index contributed by atoms with van der Waals surface area (Å²) in [6.07, 6.45) is 4.74. The number of thiophene rings is 3. The lowest BCUT2D eigenvalue weighted by molar-refractivity contribution is -0.118. The molecule has 0 aromatic carbocycles. The van der Waals surface area contributed by atoms with Crippen molar-refractivity contribution in [3.8, 4) is 31.7 Å². The number of rotatable bonds is 15. The number of aromatic nitrogens is 8. The van der Waals surface area contributed by atoms with Gasteiger partial charge in [0.1, 0.15) is 11.8 Å². The average molecular weight is 1330 g/mol. The van der Waals surface area contributed by atoms with E-state index < -0.39 is 41.6 Å². The number of halogens is 1. The first-order chi connectivity index (χ1) is 42.7. The van der Waals surface area contributed by atoms with Crippen LogP contribution in [0.2, 0.25) is 0 Å². The maximum Gasteiger partial charge on any atom is 0.249 e. The van der Waals surface area contributed by atoms with Crippen LogP contribution in [0.25, 0.3) is 48.7 Å². The molecule has 3 saturated heterocycles. The van der Waals surface area contributed by atoms with Crippen molar-refractivity contribution in [1.82, 2.24) is 53.3 Å². The molecule has 3 saturated carbocycles. The van der Waals surface area contributed by atoms with Crippen molar-refractivity contribution in [1.29, 1.82) is 0 Å². The summed E-state index contributed by atoms with van der Waals surface area (Å²) in [5.74, 6) is 1.77. The predicted octanol–water partition coefficient (Wildman–Crippen LogP) is 6.97. The Morgan fingerprint density at radius 2 is 0.966 bits per heavy atom. The summed E-state index contributed by atoms with van der Waals surface area (Å²) < 4.78 is 88.3. The second-order valence-corrected chi connectivity index (χ2v) is 33.8. The van der Waals surface area contributed by atoms with E-state index in [2.05, 4.69) is 87.0 Å². The van der Waals surface area contributed by atoms with Gasteiger partial charge in [0.15, 0.2) is 46.6 Å². The largest absolute Gasteiger partial charge is 0.309 e. The number of fused-ring (bicyclic) bond motifs is 3. The lowest BCUT2D eigenvalue weighted by Crippen LogP contribution is -2.39. The third kappa shape index (κ3) is 14.8. The minimum Gasteiger partial charge on any atom is -0.309 e. The van der Waals surface area contributed by atoms with Gasteiger partial charge in [-0.2, -0.15) is 9.97 Å². The molecule has 89 heavy (non-hydrogen) atoms. The molecule has 12 heterocycles. The fourth-order valence-electron chi connectivity index (χ4n) is 10.7. The Bertz CT molecular complexity index is 4490. The number of alkyl halides is 1. The first kappa shape index (κ1) is 61.0. The van der Waals surface area contributed by atoms with Crippen molar-refractivity contribution in [3.63, 3.8) is 0 Å². The molecule has 3 aliphatic carbocycles. The zero-order valence-corrected chi connectivity index (χ0v) is 53.4. The highest BCUT2D eigenvalue weighted by molar-refractivity contribution is 7.92. The van der Waals surface area contributed by atoms with Crippen LogP contribution >= 0.6 is 34.0 Å². The van der Waals surface area contributed by atoms with E-state index >= 15 is 0 Å². The minimum absolute atomic E-state index is 0.00902. The van der Waals surface area contributed by atoms with Crippen molar-refractivity contribution in [2.45, 2.75) is 64.8 Å². The van der Waals surface area contributed by atoms with Gasteiger partial charge in [0.05, 0.1) is 78.3 Å². The van der Waals surface area contributed by atoms with Crippen molar-refractivity contribution in [2.75, 3.05) is 89.7 Å². The molecule has 9 aromatic heterocycles. The number of aryl methyl sites for hydroxylation is 1. The molecule has 9 aromatic rings. The van der Waals surface area contributed by atoms with E-state index in [4.69, 9.17) is 0 Å². The minimum atomic E-state index is -2.88. The van der Waals surface area contributed by atoms with E-state index in [-0.39, 0.29) is 70.5 Å². The summed E-state index contributed by atoms with van der Waals surface area (Å²) in [4.78, 5) is 62.7. The predicted molar refractivity (Wildman–Crippen MR) is 342 cm³/mol. The summed E-state index contributed by atoms with van der Waals surface area (Å²) in [5, 5.41) is 17.3. The standard InChI is InChI=1S/C20H21FN4O3S2.C20H23N5O3S2.C19H21N5O3S2/c21-15-10-14(15)20(26)23-18-12-25-16(2-1-3-19(25)22-18)17-5-4-13(29-17)11-24-6-8-30(27,28)9-7-24;1-13-11-16(29-17(13)12-24-7-9-30(27,28)10-8-24)15-3-2-4-18-21-20(23-25(15)18)22-19(26)14-5-6-14;25-18(13-4-5-13)21-19-20-17-3-1-2-15(24(17)22-19)16-7-6-14(28-16)12-23-8-10-29(26,27)11-9-23/h1-5,12,14-15H,6-11H2,(H,23,26);2-4,11,14H,5-10,12H2,1H3,(H,22,23,26);1-3,6-7,13H,4-5,8-12H2,(H,21,22,25)/t14-,15-;;/m0../s1. The molecule has 0 spiro atoms. The lowest BCUT2D eigenvalue weighted by Gasteiger charge is -2.26. The van der Waals surface area contributed by atoms with E-state index in [1.807, 2.05) is 65.1 Å². The Kier molecular flexibility index (Phi) is 17.2. The van der Waals surface area contributed by atoms with Crippen LogP contribution < -0.4 is 16.0 Å². The number of nitrogens with one attached hydrogen (secondary N) is 3. The summed E-state index contributed by atoms with van der Waals surface area (Å²) in [5.41, 5.74) is 6.05. The zero-order chi connectivity index (χ0) is 61.8. The molecule has 15 rings (SSSR count). The average Bonchev–Trinajstić information content (AvgIpc) is 2.04. The first-order valence-electron chi connectivity index (χ1n) is 29.6. The molecular formula is C59H65FN14O9S6. The molecule has 23 nitrogen and oxygen atoms in total. The summed E-state index contributed by atoms with van der Waals surface area (Å²) in [6, 6.07) is 27.7. The van der Waals surface area contributed by atoms with Crippen LogP contribution in [-0.4, -0.2) is 176 Å². The normalized spacial score (nSPS) is 20.7. The second-order valence-electron chi connectivity index (χ2n) is 23.4. The number of sulfone groups is 3. The number of anilines is 3. The molecule has 3 aliphatic heterocycles. The van der Waals surface area contributed by atoms with E-state index in [0.717, 1.165) is 81.9 Å². The van der Waals surface area contributed by atoms with E-state index in [9.17, 15) is 44.0 Å². The van der Waals surface area contributed by atoms with Crippen molar-refractivity contribution in [2.24, 2.45) is 17.8 Å². The van der Waals surface area contributed by atoms with Gasteiger partial charge in [0, 0.05) is 85.4 Å². The summed E-state index contributed by atoms with van der Waals surface area (Å²) >= 11 is 5.01. The van der Waals surface area contributed by atoms with Gasteiger partial charge in [-0.3, -0.25) is 44.1 Å².